The topological polar surface area (TPSA) is 85.8 Å². The summed E-state index contributed by atoms with van der Waals surface area (Å²) in [6.07, 6.45) is 2.98. The average Bonchev–Trinajstić information content (AvgIpc) is 3.84. The summed E-state index contributed by atoms with van der Waals surface area (Å²) in [5, 5.41) is 1.54. The van der Waals surface area contributed by atoms with Crippen LogP contribution in [0.3, 0.4) is 0 Å². The predicted molar refractivity (Wildman–Crippen MR) is 245 cm³/mol. The van der Waals surface area contributed by atoms with Gasteiger partial charge in [0.1, 0.15) is 43.8 Å². The van der Waals surface area contributed by atoms with E-state index < -0.39 is 26.0 Å². The summed E-state index contributed by atoms with van der Waals surface area (Å²) in [6, 6.07) is 9.16. The van der Waals surface area contributed by atoms with Gasteiger partial charge in [-0.15, -0.1) is 5.54 Å². The summed E-state index contributed by atoms with van der Waals surface area (Å²) in [4.78, 5) is 25.1. The Labute approximate surface area is 374 Å². The molecule has 5 aliphatic rings. The second kappa shape index (κ2) is 17.8. The van der Waals surface area contributed by atoms with Crippen LogP contribution >= 0.6 is 0 Å². The SMILES string of the molecule is COCOc1cc(C2Cc3cc(OC[C@@]45CCCN4C[C@H](F)C5)nc(N4CC5CCC(C4)N5C(=O)OC(C)(C)C)c3CO2)c2c(C#C[Si](C(C)C)(C(C)C)C(C)C)c(F)ccc2c1. The van der Waals surface area contributed by atoms with Gasteiger partial charge in [-0.25, -0.2) is 13.6 Å². The monoisotopic (exact) mass is 886 g/mol. The molecule has 1 amide bonds. The van der Waals surface area contributed by atoms with Crippen LogP contribution in [0.2, 0.25) is 16.6 Å². The van der Waals surface area contributed by atoms with Crippen molar-refractivity contribution in [1.82, 2.24) is 14.8 Å². The van der Waals surface area contributed by atoms with E-state index in [4.69, 9.17) is 28.7 Å². The molecule has 63 heavy (non-hydrogen) atoms. The molecule has 0 spiro atoms. The maximum absolute atomic E-state index is 16.4. The van der Waals surface area contributed by atoms with Crippen LogP contribution < -0.4 is 14.4 Å². The summed E-state index contributed by atoms with van der Waals surface area (Å²) in [5.41, 5.74) is 7.17. The molecule has 5 aliphatic heterocycles. The summed E-state index contributed by atoms with van der Waals surface area (Å²) in [7, 11) is -0.634. The van der Waals surface area contributed by atoms with E-state index in [0.29, 0.717) is 72.9 Å². The molecule has 5 atom stereocenters. The third-order valence-electron chi connectivity index (χ3n) is 14.7. The highest BCUT2D eigenvalue weighted by molar-refractivity contribution is 6.90. The smallest absolute Gasteiger partial charge is 0.410 e. The van der Waals surface area contributed by atoms with Crippen LogP contribution in [0.4, 0.5) is 19.4 Å². The molecule has 8 rings (SSSR count). The van der Waals surface area contributed by atoms with Crippen molar-refractivity contribution in [2.45, 2.75) is 160 Å². The molecule has 2 aromatic carbocycles. The molecule has 0 radical (unpaired) electrons. The molecule has 10 nitrogen and oxygen atoms in total. The van der Waals surface area contributed by atoms with E-state index in [1.54, 1.807) is 13.2 Å². The second-order valence-electron chi connectivity index (χ2n) is 20.7. The number of hydrogen-bond donors (Lipinski definition) is 0. The van der Waals surface area contributed by atoms with Gasteiger partial charge in [0.25, 0.3) is 0 Å². The number of pyridine rings is 1. The molecule has 4 fully saturated rings. The molecule has 1 aromatic heterocycles. The number of halogens is 2. The van der Waals surface area contributed by atoms with Gasteiger partial charge in [0.05, 0.1) is 35.9 Å². The van der Waals surface area contributed by atoms with Crippen molar-refractivity contribution < 1.29 is 37.3 Å². The van der Waals surface area contributed by atoms with Crippen molar-refractivity contribution >= 4 is 30.8 Å². The van der Waals surface area contributed by atoms with Crippen LogP contribution in [0.5, 0.6) is 11.6 Å². The normalized spacial score (nSPS) is 24.9. The van der Waals surface area contributed by atoms with Crippen LogP contribution in [0.15, 0.2) is 30.3 Å². The van der Waals surface area contributed by atoms with Crippen LogP contribution in [-0.4, -0.2) is 105 Å². The van der Waals surface area contributed by atoms with Crippen molar-refractivity contribution in [2.24, 2.45) is 0 Å². The number of benzene rings is 2. The molecule has 3 aromatic rings. The van der Waals surface area contributed by atoms with Crippen molar-refractivity contribution in [1.29, 1.82) is 0 Å². The van der Waals surface area contributed by atoms with Gasteiger partial charge in [0.15, 0.2) is 6.79 Å². The van der Waals surface area contributed by atoms with E-state index in [-0.39, 0.29) is 42.9 Å². The van der Waals surface area contributed by atoms with Gasteiger partial charge in [-0.2, -0.15) is 4.98 Å². The lowest BCUT2D eigenvalue weighted by Gasteiger charge is -2.43. The molecule has 3 unspecified atom stereocenters. The molecule has 2 bridgehead atoms. The Bertz CT molecular complexity index is 2220. The summed E-state index contributed by atoms with van der Waals surface area (Å²) in [6.45, 7) is 22.5. The molecule has 0 saturated carbocycles. The van der Waals surface area contributed by atoms with Crippen molar-refractivity contribution in [3.05, 3.63) is 58.4 Å². The number of hydrogen-bond acceptors (Lipinski definition) is 9. The molecule has 342 valence electrons. The Morgan fingerprint density at radius 1 is 1.02 bits per heavy atom. The second-order valence-corrected chi connectivity index (χ2v) is 26.3. The van der Waals surface area contributed by atoms with Gasteiger partial charge in [0, 0.05) is 56.6 Å². The van der Waals surface area contributed by atoms with Crippen LogP contribution in [-0.2, 0) is 27.2 Å². The third-order valence-corrected chi connectivity index (χ3v) is 21.0. The number of anilines is 1. The number of amides is 1. The summed E-state index contributed by atoms with van der Waals surface area (Å²) >= 11 is 0. The highest BCUT2D eigenvalue weighted by Gasteiger charge is 2.50. The standard InChI is InChI=1S/C50H68F2N4O6Si/c1-31(2)63(32(3)4,33(5)6)19-16-40-43(52)15-12-34-20-39(61-30-58-10)23-41(46(34)40)44-21-35-22-45(60-29-50-17-11-18-55(50)25-36(51)24-50)53-47(42(35)28-59-44)54-26-37-13-14-38(27-54)56(37)48(57)62-49(7,8)9/h12,15,20,22-23,31-33,36-38,44H,11,13-14,17-18,21,24-30H2,1-10H3/t36-,37?,38?,44?,50+/m1/s1. The lowest BCUT2D eigenvalue weighted by molar-refractivity contribution is 0.0119. The molecule has 13 heteroatoms. The van der Waals surface area contributed by atoms with E-state index in [1.807, 2.05) is 43.9 Å². The minimum atomic E-state index is -2.22. The summed E-state index contributed by atoms with van der Waals surface area (Å²) < 4.78 is 62.0. The number of ether oxygens (including phenoxy) is 5. The number of methoxy groups -OCH3 is 1. The first-order valence-electron chi connectivity index (χ1n) is 23.3. The Hall–Kier alpha value is -3.96. The molecule has 6 heterocycles. The number of piperazine rings is 1. The lowest BCUT2D eigenvalue weighted by Crippen LogP contribution is -2.57. The van der Waals surface area contributed by atoms with Crippen molar-refractivity contribution in [3.63, 3.8) is 0 Å². The zero-order valence-electron chi connectivity index (χ0n) is 39.1. The van der Waals surface area contributed by atoms with Crippen molar-refractivity contribution in [2.75, 3.05) is 51.6 Å². The van der Waals surface area contributed by atoms with Gasteiger partial charge in [-0.3, -0.25) is 9.80 Å². The molecule has 4 saturated heterocycles. The largest absolute Gasteiger partial charge is 0.476 e. The van der Waals surface area contributed by atoms with E-state index in [2.05, 4.69) is 62.8 Å². The number of alkyl halides is 1. The summed E-state index contributed by atoms with van der Waals surface area (Å²) in [5.74, 6) is 4.99. The van der Waals surface area contributed by atoms with E-state index in [9.17, 15) is 9.18 Å². The van der Waals surface area contributed by atoms with Gasteiger partial charge in [0.2, 0.25) is 5.88 Å². The minimum absolute atomic E-state index is 0.0247. The molecular weight excluding hydrogens is 819 g/mol. The van der Waals surface area contributed by atoms with Crippen LogP contribution in [0, 0.1) is 17.3 Å². The van der Waals surface area contributed by atoms with Gasteiger partial charge < -0.3 is 28.6 Å². The fourth-order valence-electron chi connectivity index (χ4n) is 11.9. The quantitative estimate of drug-likeness (QED) is 0.106. The maximum atomic E-state index is 16.4. The Morgan fingerprint density at radius 3 is 2.40 bits per heavy atom. The van der Waals surface area contributed by atoms with Crippen LogP contribution in [0.1, 0.15) is 123 Å². The zero-order chi connectivity index (χ0) is 45.0. The fourth-order valence-corrected chi connectivity index (χ4v) is 17.1. The first-order valence-corrected chi connectivity index (χ1v) is 25.5. The van der Waals surface area contributed by atoms with Crippen molar-refractivity contribution in [3.8, 4) is 23.1 Å². The number of carbonyl (C=O) groups is 1. The fraction of sp³-hybridized carbons (Fsp3) is 0.640. The first-order chi connectivity index (χ1) is 29.9. The number of aromatic nitrogens is 1. The first kappa shape index (κ1) is 45.6. The van der Waals surface area contributed by atoms with E-state index in [1.165, 1.54) is 6.07 Å². The van der Waals surface area contributed by atoms with Gasteiger partial charge >= 0.3 is 6.09 Å². The Morgan fingerprint density at radius 2 is 1.73 bits per heavy atom. The molecule has 0 N–H and O–H groups in total. The van der Waals surface area contributed by atoms with Gasteiger partial charge in [-0.05, 0) is 104 Å². The zero-order valence-corrected chi connectivity index (χ0v) is 40.1. The van der Waals surface area contributed by atoms with Crippen LogP contribution in [0.25, 0.3) is 10.8 Å². The number of fused-ring (bicyclic) bond motifs is 5. The predicted octanol–water partition coefficient (Wildman–Crippen LogP) is 10.3. The van der Waals surface area contributed by atoms with E-state index >= 15 is 4.39 Å². The Kier molecular flexibility index (Phi) is 12.9. The lowest BCUT2D eigenvalue weighted by atomic mass is 9.90. The van der Waals surface area contributed by atoms with E-state index in [0.717, 1.165) is 65.5 Å². The highest BCUT2D eigenvalue weighted by atomic mass is 28.3. The Balaban J connectivity index is 1.20. The third kappa shape index (κ3) is 8.78. The highest BCUT2D eigenvalue weighted by Crippen LogP contribution is 2.46. The minimum Gasteiger partial charge on any atom is -0.476 e. The maximum Gasteiger partial charge on any atom is 0.410 e. The average molecular weight is 887 g/mol. The number of rotatable bonds is 11. The molecular formula is C50H68F2N4O6Si. The molecule has 0 aliphatic carbocycles. The number of nitrogens with zero attached hydrogens (tertiary/aromatic N) is 4. The van der Waals surface area contributed by atoms with Gasteiger partial charge in [-0.1, -0.05) is 53.5 Å². The number of carbonyl (C=O) groups excluding carboxylic acids is 1.